The third-order valence-corrected chi connectivity index (χ3v) is 8.57. The molecule has 164 valence electrons. The Morgan fingerprint density at radius 3 is 2.15 bits per heavy atom. The monoisotopic (exact) mass is 495 g/mol. The van der Waals surface area contributed by atoms with Gasteiger partial charge >= 0.3 is 0 Å². The first-order valence-corrected chi connectivity index (χ1v) is 13.1. The molecule has 0 aliphatic heterocycles. The molecule has 0 radical (unpaired) electrons. The molecule has 3 heterocycles. The van der Waals surface area contributed by atoms with Gasteiger partial charge in [0, 0.05) is 5.56 Å². The lowest BCUT2D eigenvalue weighted by atomic mass is 10.1. The average molecular weight is 496 g/mol. The van der Waals surface area contributed by atoms with Crippen LogP contribution in [0.25, 0.3) is 41.8 Å². The van der Waals surface area contributed by atoms with Crippen LogP contribution in [0, 0.1) is 0 Å². The predicted octanol–water partition coefficient (Wildman–Crippen LogP) is 8.07. The topological polar surface area (TPSA) is 54.9 Å². The van der Waals surface area contributed by atoms with Crippen LogP contribution in [0.4, 0.5) is 5.13 Å². The summed E-state index contributed by atoms with van der Waals surface area (Å²) < 4.78 is 1.14. The van der Waals surface area contributed by atoms with E-state index in [-0.39, 0.29) is 5.91 Å². The van der Waals surface area contributed by atoms with Crippen molar-refractivity contribution >= 4 is 55.3 Å². The van der Waals surface area contributed by atoms with Crippen molar-refractivity contribution in [1.82, 2.24) is 9.97 Å². The van der Waals surface area contributed by atoms with Gasteiger partial charge in [0.2, 0.25) is 0 Å². The van der Waals surface area contributed by atoms with Crippen LogP contribution in [0.5, 0.6) is 0 Å². The van der Waals surface area contributed by atoms with E-state index in [0.717, 1.165) is 41.8 Å². The summed E-state index contributed by atoms with van der Waals surface area (Å²) in [6.07, 6.45) is 0. The van der Waals surface area contributed by atoms with Gasteiger partial charge in [-0.05, 0) is 29.8 Å². The van der Waals surface area contributed by atoms with Gasteiger partial charge in [-0.2, -0.15) is 0 Å². The summed E-state index contributed by atoms with van der Waals surface area (Å²) in [4.78, 5) is 25.2. The van der Waals surface area contributed by atoms with Gasteiger partial charge in [0.15, 0.2) is 5.13 Å². The van der Waals surface area contributed by atoms with Crippen molar-refractivity contribution in [3.05, 3.63) is 102 Å². The Morgan fingerprint density at radius 2 is 1.38 bits per heavy atom. The number of nitrogens with zero attached hydrogens (tertiary/aromatic N) is 2. The van der Waals surface area contributed by atoms with E-state index in [1.165, 1.54) is 22.7 Å². The van der Waals surface area contributed by atoms with Gasteiger partial charge in [-0.3, -0.25) is 10.1 Å². The molecule has 0 spiro atoms. The fourth-order valence-electron chi connectivity index (χ4n) is 3.66. The molecule has 0 atom stereocenters. The minimum absolute atomic E-state index is 0.162. The zero-order valence-corrected chi connectivity index (χ0v) is 20.2. The van der Waals surface area contributed by atoms with E-state index >= 15 is 0 Å². The van der Waals surface area contributed by atoms with Crippen molar-refractivity contribution in [2.24, 2.45) is 0 Å². The lowest BCUT2D eigenvalue weighted by Gasteiger charge is -2.02. The normalized spacial score (nSPS) is 11.1. The first kappa shape index (κ1) is 20.9. The largest absolute Gasteiger partial charge is 0.297 e. The summed E-state index contributed by atoms with van der Waals surface area (Å²) >= 11 is 4.57. The summed E-state index contributed by atoms with van der Waals surface area (Å²) in [5, 5.41) is 4.52. The molecular formula is C27H17N3OS3. The standard InChI is InChI=1S/C27H17N3OS3/c31-25(21-15-16-22(32-21)26-28-19-13-7-8-14-20(19)33-26)30-27-29-23(17-9-3-1-4-10-17)24(34-27)18-11-5-2-6-12-18/h1-16H,(H,29,30,31). The fraction of sp³-hybridized carbons (Fsp3) is 0. The van der Waals surface area contributed by atoms with Crippen LogP contribution in [0.15, 0.2) is 97.1 Å². The van der Waals surface area contributed by atoms with E-state index in [0.29, 0.717) is 10.0 Å². The Labute approximate surface area is 208 Å². The van der Waals surface area contributed by atoms with E-state index < -0.39 is 0 Å². The molecule has 3 aromatic carbocycles. The van der Waals surface area contributed by atoms with Crippen LogP contribution in [0.1, 0.15) is 9.67 Å². The summed E-state index contributed by atoms with van der Waals surface area (Å²) in [6.45, 7) is 0. The molecular weight excluding hydrogens is 479 g/mol. The molecule has 1 N–H and O–H groups in total. The van der Waals surface area contributed by atoms with Crippen LogP contribution in [0.2, 0.25) is 0 Å². The number of rotatable bonds is 5. The Bertz CT molecular complexity index is 1510. The number of amides is 1. The number of thiophene rings is 1. The molecule has 0 aliphatic rings. The highest BCUT2D eigenvalue weighted by molar-refractivity contribution is 7.26. The van der Waals surface area contributed by atoms with Crippen molar-refractivity contribution in [3.8, 4) is 31.6 Å². The third kappa shape index (κ3) is 4.05. The molecule has 0 unspecified atom stereocenters. The van der Waals surface area contributed by atoms with Crippen LogP contribution in [0.3, 0.4) is 0 Å². The Balaban J connectivity index is 1.30. The number of anilines is 1. The number of aromatic nitrogens is 2. The Kier molecular flexibility index (Phi) is 5.50. The molecule has 0 aliphatic carbocycles. The van der Waals surface area contributed by atoms with Crippen molar-refractivity contribution in [3.63, 3.8) is 0 Å². The van der Waals surface area contributed by atoms with Gasteiger partial charge in [-0.15, -0.1) is 22.7 Å². The Hall–Kier alpha value is -3.65. The van der Waals surface area contributed by atoms with Crippen molar-refractivity contribution in [2.45, 2.75) is 0 Å². The van der Waals surface area contributed by atoms with Crippen LogP contribution in [-0.4, -0.2) is 15.9 Å². The fourth-order valence-corrected chi connectivity index (χ4v) is 6.57. The van der Waals surface area contributed by atoms with Gasteiger partial charge in [0.05, 0.1) is 30.5 Å². The van der Waals surface area contributed by atoms with Crippen molar-refractivity contribution in [1.29, 1.82) is 0 Å². The number of hydrogen-bond donors (Lipinski definition) is 1. The summed E-state index contributed by atoms with van der Waals surface area (Å²) in [5.74, 6) is -0.162. The summed E-state index contributed by atoms with van der Waals surface area (Å²) in [6, 6.07) is 32.1. The predicted molar refractivity (Wildman–Crippen MR) is 144 cm³/mol. The molecule has 0 saturated carbocycles. The first-order valence-electron chi connectivity index (χ1n) is 10.6. The zero-order valence-electron chi connectivity index (χ0n) is 17.8. The van der Waals surface area contributed by atoms with Gasteiger partial charge < -0.3 is 0 Å². The van der Waals surface area contributed by atoms with Crippen LogP contribution >= 0.6 is 34.0 Å². The number of thiazole rings is 2. The summed E-state index contributed by atoms with van der Waals surface area (Å²) in [7, 11) is 0. The smallest absolute Gasteiger partial charge is 0.267 e. The second kappa shape index (κ2) is 8.95. The van der Waals surface area contributed by atoms with E-state index in [4.69, 9.17) is 9.97 Å². The maximum Gasteiger partial charge on any atom is 0.267 e. The molecule has 0 fully saturated rings. The van der Waals surface area contributed by atoms with Crippen molar-refractivity contribution in [2.75, 3.05) is 5.32 Å². The first-order chi connectivity index (χ1) is 16.7. The molecule has 0 saturated heterocycles. The number of carbonyl (C=O) groups excluding carboxylic acids is 1. The zero-order chi connectivity index (χ0) is 22.9. The van der Waals surface area contributed by atoms with E-state index in [9.17, 15) is 4.79 Å². The second-order valence-electron chi connectivity index (χ2n) is 7.53. The highest BCUT2D eigenvalue weighted by Gasteiger charge is 2.18. The van der Waals surface area contributed by atoms with Crippen LogP contribution < -0.4 is 5.32 Å². The quantitative estimate of drug-likeness (QED) is 0.263. The Morgan fingerprint density at radius 1 is 0.676 bits per heavy atom. The van der Waals surface area contributed by atoms with E-state index in [1.54, 1.807) is 11.3 Å². The van der Waals surface area contributed by atoms with Gasteiger partial charge in [-0.25, -0.2) is 9.97 Å². The molecule has 0 bridgehead atoms. The highest BCUT2D eigenvalue weighted by atomic mass is 32.1. The third-order valence-electron chi connectivity index (χ3n) is 5.27. The lowest BCUT2D eigenvalue weighted by molar-refractivity contribution is 0.103. The minimum Gasteiger partial charge on any atom is -0.297 e. The molecule has 6 aromatic rings. The molecule has 7 heteroatoms. The van der Waals surface area contributed by atoms with Gasteiger partial charge in [-0.1, -0.05) is 84.1 Å². The molecule has 6 rings (SSSR count). The molecule has 4 nitrogen and oxygen atoms in total. The molecule has 3 aromatic heterocycles. The number of fused-ring (bicyclic) bond motifs is 1. The number of hydrogen-bond acceptors (Lipinski definition) is 6. The molecule has 34 heavy (non-hydrogen) atoms. The number of para-hydroxylation sites is 1. The maximum absolute atomic E-state index is 13.1. The number of nitrogens with one attached hydrogen (secondary N) is 1. The van der Waals surface area contributed by atoms with E-state index in [2.05, 4.69) is 23.5 Å². The molecule has 1 amide bonds. The van der Waals surface area contributed by atoms with Crippen molar-refractivity contribution < 1.29 is 4.79 Å². The minimum atomic E-state index is -0.162. The van der Waals surface area contributed by atoms with E-state index in [1.807, 2.05) is 78.9 Å². The SMILES string of the molecule is O=C(Nc1nc(-c2ccccc2)c(-c2ccccc2)s1)c1ccc(-c2nc3ccccc3s2)s1. The second-order valence-corrected chi connectivity index (χ2v) is 10.6. The highest BCUT2D eigenvalue weighted by Crippen LogP contribution is 2.39. The average Bonchev–Trinajstić information content (AvgIpc) is 3.63. The summed E-state index contributed by atoms with van der Waals surface area (Å²) in [5.41, 5.74) is 3.95. The lowest BCUT2D eigenvalue weighted by Crippen LogP contribution is -2.09. The van der Waals surface area contributed by atoms with Gasteiger partial charge in [0.1, 0.15) is 5.01 Å². The number of benzene rings is 3. The maximum atomic E-state index is 13.1. The van der Waals surface area contributed by atoms with Crippen LogP contribution in [-0.2, 0) is 0 Å². The number of carbonyl (C=O) groups is 1. The van der Waals surface area contributed by atoms with Gasteiger partial charge in [0.25, 0.3) is 5.91 Å².